The van der Waals surface area contributed by atoms with E-state index in [0.29, 0.717) is 10.7 Å². The van der Waals surface area contributed by atoms with Crippen LogP contribution in [0, 0.1) is 0 Å². The quantitative estimate of drug-likeness (QED) is 0.743. The summed E-state index contributed by atoms with van der Waals surface area (Å²) in [5.74, 6) is -1.35. The molecule has 17 heavy (non-hydrogen) atoms. The summed E-state index contributed by atoms with van der Waals surface area (Å²) in [6, 6.07) is 6.05. The summed E-state index contributed by atoms with van der Waals surface area (Å²) in [5.41, 5.74) is 0.504. The second-order valence-electron chi connectivity index (χ2n) is 3.47. The maximum atomic E-state index is 11.5. The summed E-state index contributed by atoms with van der Waals surface area (Å²) in [6.45, 7) is 1.38. The first-order chi connectivity index (χ1) is 8.00. The Hall–Kier alpha value is -1.59. The normalized spacial score (nSPS) is 11.9. The molecule has 0 radical (unpaired) electrons. The van der Waals surface area contributed by atoms with E-state index in [-0.39, 0.29) is 12.5 Å². The van der Waals surface area contributed by atoms with Gasteiger partial charge in [0.15, 0.2) is 0 Å². The van der Waals surface area contributed by atoms with Crippen molar-refractivity contribution in [3.8, 4) is 0 Å². The summed E-state index contributed by atoms with van der Waals surface area (Å²) >= 11 is 5.85. The third-order valence-electron chi connectivity index (χ3n) is 2.09. The van der Waals surface area contributed by atoms with Crippen LogP contribution < -0.4 is 10.6 Å². The lowest BCUT2D eigenvalue weighted by molar-refractivity contribution is -0.139. The molecule has 0 spiro atoms. The summed E-state index contributed by atoms with van der Waals surface area (Å²) in [6.07, 6.45) is 0. The third-order valence-corrected chi connectivity index (χ3v) is 2.42. The third kappa shape index (κ3) is 4.42. The van der Waals surface area contributed by atoms with Gasteiger partial charge in [-0.25, -0.2) is 0 Å². The highest BCUT2D eigenvalue weighted by Crippen LogP contribution is 2.19. The number of carbonyl (C=O) groups excluding carboxylic acids is 1. The van der Waals surface area contributed by atoms with Crippen molar-refractivity contribution in [1.29, 1.82) is 0 Å². The second-order valence-corrected chi connectivity index (χ2v) is 3.88. The zero-order valence-electron chi connectivity index (χ0n) is 9.24. The molecular formula is C11H13ClN2O3. The first-order valence-corrected chi connectivity index (χ1v) is 5.39. The number of hydrogen-bond donors (Lipinski definition) is 3. The van der Waals surface area contributed by atoms with Crippen LogP contribution in [0.1, 0.15) is 6.92 Å². The molecule has 1 rings (SSSR count). The molecule has 6 heteroatoms. The molecule has 0 aromatic heterocycles. The molecule has 0 fully saturated rings. The molecule has 0 heterocycles. The first kappa shape index (κ1) is 13.5. The second kappa shape index (κ2) is 6.22. The lowest BCUT2D eigenvalue weighted by atomic mass is 10.3. The average Bonchev–Trinajstić information content (AvgIpc) is 2.29. The Bertz CT molecular complexity index is 423. The molecular weight excluding hydrogens is 244 g/mol. The smallest absolute Gasteiger partial charge is 0.320 e. The number of amides is 1. The van der Waals surface area contributed by atoms with E-state index in [1.54, 1.807) is 24.3 Å². The Morgan fingerprint density at radius 1 is 1.41 bits per heavy atom. The lowest BCUT2D eigenvalue weighted by Crippen LogP contribution is -2.39. The molecule has 0 aliphatic carbocycles. The zero-order chi connectivity index (χ0) is 12.8. The Morgan fingerprint density at radius 3 is 2.65 bits per heavy atom. The van der Waals surface area contributed by atoms with Gasteiger partial charge in [0.1, 0.15) is 6.04 Å². The molecule has 0 bridgehead atoms. The van der Waals surface area contributed by atoms with Gasteiger partial charge in [-0.3, -0.25) is 14.9 Å². The summed E-state index contributed by atoms with van der Waals surface area (Å²) in [5, 5.41) is 14.2. The molecule has 3 N–H and O–H groups in total. The van der Waals surface area contributed by atoms with Gasteiger partial charge < -0.3 is 10.4 Å². The van der Waals surface area contributed by atoms with Crippen LogP contribution in [0.5, 0.6) is 0 Å². The molecule has 0 unspecified atom stereocenters. The van der Waals surface area contributed by atoms with Gasteiger partial charge in [-0.1, -0.05) is 23.7 Å². The van der Waals surface area contributed by atoms with Crippen LogP contribution >= 0.6 is 11.6 Å². The number of carboxylic acids is 1. The Kier molecular flexibility index (Phi) is 4.93. The summed E-state index contributed by atoms with van der Waals surface area (Å²) in [7, 11) is 0. The maximum Gasteiger partial charge on any atom is 0.320 e. The van der Waals surface area contributed by atoms with Gasteiger partial charge in [-0.05, 0) is 19.1 Å². The fraction of sp³-hybridized carbons (Fsp3) is 0.273. The minimum Gasteiger partial charge on any atom is -0.480 e. The van der Waals surface area contributed by atoms with Gasteiger partial charge in [0.25, 0.3) is 0 Å². The summed E-state index contributed by atoms with van der Waals surface area (Å²) < 4.78 is 0. The standard InChI is InChI=1S/C11H13ClN2O3/c1-7(11(16)17)13-6-10(15)14-9-5-3-2-4-8(9)12/h2-5,7,13H,6H2,1H3,(H,14,15)(H,16,17)/t7-/m1/s1. The van der Waals surface area contributed by atoms with Crippen LogP contribution in [-0.2, 0) is 9.59 Å². The molecule has 5 nitrogen and oxygen atoms in total. The lowest BCUT2D eigenvalue weighted by Gasteiger charge is -2.10. The van der Waals surface area contributed by atoms with Crippen LogP contribution in [0.2, 0.25) is 5.02 Å². The van der Waals surface area contributed by atoms with Crippen molar-refractivity contribution < 1.29 is 14.7 Å². The largest absolute Gasteiger partial charge is 0.480 e. The number of anilines is 1. The van der Waals surface area contributed by atoms with Crippen LogP contribution in [0.4, 0.5) is 5.69 Å². The fourth-order valence-electron chi connectivity index (χ4n) is 1.09. The molecule has 1 aromatic carbocycles. The molecule has 0 saturated carbocycles. The number of nitrogens with one attached hydrogen (secondary N) is 2. The molecule has 0 aliphatic heterocycles. The van der Waals surface area contributed by atoms with Crippen molar-refractivity contribution in [2.45, 2.75) is 13.0 Å². The van der Waals surface area contributed by atoms with Gasteiger partial charge in [0.05, 0.1) is 17.3 Å². The highest BCUT2D eigenvalue weighted by Gasteiger charge is 2.12. The van der Waals surface area contributed by atoms with Crippen LogP contribution in [0.3, 0.4) is 0 Å². The Balaban J connectivity index is 2.46. The van der Waals surface area contributed by atoms with Crippen molar-refractivity contribution in [2.24, 2.45) is 0 Å². The SMILES string of the molecule is C[C@@H](NCC(=O)Nc1ccccc1Cl)C(=O)O. The predicted octanol–water partition coefficient (Wildman–Crippen LogP) is 1.34. The van der Waals surface area contributed by atoms with Crippen molar-refractivity contribution in [1.82, 2.24) is 5.32 Å². The maximum absolute atomic E-state index is 11.5. The van der Waals surface area contributed by atoms with E-state index in [1.165, 1.54) is 6.92 Å². The Labute approximate surface area is 104 Å². The van der Waals surface area contributed by atoms with Crippen LogP contribution in [0.15, 0.2) is 24.3 Å². The minimum absolute atomic E-state index is 0.0846. The van der Waals surface area contributed by atoms with Crippen molar-refractivity contribution >= 4 is 29.2 Å². The van der Waals surface area contributed by atoms with E-state index >= 15 is 0 Å². The molecule has 1 atom stereocenters. The predicted molar refractivity (Wildman–Crippen MR) is 65.2 cm³/mol. The zero-order valence-corrected chi connectivity index (χ0v) is 9.99. The van der Waals surface area contributed by atoms with Crippen LogP contribution in [0.25, 0.3) is 0 Å². The van der Waals surface area contributed by atoms with Gasteiger partial charge in [-0.15, -0.1) is 0 Å². The minimum atomic E-state index is -1.00. The van der Waals surface area contributed by atoms with E-state index in [1.807, 2.05) is 0 Å². The van der Waals surface area contributed by atoms with Gasteiger partial charge in [0, 0.05) is 0 Å². The number of carbonyl (C=O) groups is 2. The van der Waals surface area contributed by atoms with Gasteiger partial charge in [-0.2, -0.15) is 0 Å². The van der Waals surface area contributed by atoms with E-state index in [2.05, 4.69) is 10.6 Å². The average molecular weight is 257 g/mol. The Morgan fingerprint density at radius 2 is 2.06 bits per heavy atom. The number of hydrogen-bond acceptors (Lipinski definition) is 3. The molecule has 1 aromatic rings. The molecule has 0 aliphatic rings. The van der Waals surface area contributed by atoms with E-state index in [0.717, 1.165) is 0 Å². The van der Waals surface area contributed by atoms with Crippen molar-refractivity contribution in [3.05, 3.63) is 29.3 Å². The molecule has 1 amide bonds. The number of rotatable bonds is 5. The monoisotopic (exact) mass is 256 g/mol. The number of benzene rings is 1. The van der Waals surface area contributed by atoms with E-state index < -0.39 is 12.0 Å². The molecule has 92 valence electrons. The molecule has 0 saturated heterocycles. The van der Waals surface area contributed by atoms with E-state index in [9.17, 15) is 9.59 Å². The van der Waals surface area contributed by atoms with Crippen molar-refractivity contribution in [2.75, 3.05) is 11.9 Å². The van der Waals surface area contributed by atoms with E-state index in [4.69, 9.17) is 16.7 Å². The van der Waals surface area contributed by atoms with Gasteiger partial charge >= 0.3 is 5.97 Å². The van der Waals surface area contributed by atoms with Crippen molar-refractivity contribution in [3.63, 3.8) is 0 Å². The first-order valence-electron chi connectivity index (χ1n) is 5.01. The highest BCUT2D eigenvalue weighted by molar-refractivity contribution is 6.33. The van der Waals surface area contributed by atoms with Gasteiger partial charge in [0.2, 0.25) is 5.91 Å². The summed E-state index contributed by atoms with van der Waals surface area (Å²) in [4.78, 5) is 22.0. The number of para-hydroxylation sites is 1. The topological polar surface area (TPSA) is 78.4 Å². The highest BCUT2D eigenvalue weighted by atomic mass is 35.5. The van der Waals surface area contributed by atoms with Crippen LogP contribution in [-0.4, -0.2) is 29.6 Å². The number of aliphatic carboxylic acids is 1. The number of carboxylic acid groups (broad SMARTS) is 1. The number of halogens is 1. The fourth-order valence-corrected chi connectivity index (χ4v) is 1.27.